The van der Waals surface area contributed by atoms with E-state index in [1.54, 1.807) is 23.5 Å². The van der Waals surface area contributed by atoms with Crippen LogP contribution < -0.4 is 5.73 Å². The molecule has 0 aliphatic carbocycles. The van der Waals surface area contributed by atoms with Crippen LogP contribution in [0.25, 0.3) is 10.1 Å². The molecule has 78 valence electrons. The van der Waals surface area contributed by atoms with Gasteiger partial charge in [-0.1, -0.05) is 6.08 Å². The second-order valence-corrected chi connectivity index (χ2v) is 4.58. The highest BCUT2D eigenvalue weighted by molar-refractivity contribution is 7.19. The van der Waals surface area contributed by atoms with Crippen LogP contribution in [0.15, 0.2) is 36.9 Å². The maximum Gasteiger partial charge on any atom is 0.123 e. The summed E-state index contributed by atoms with van der Waals surface area (Å²) in [5, 5.41) is 0.925. The van der Waals surface area contributed by atoms with Crippen LogP contribution in [-0.4, -0.2) is 0 Å². The molecule has 0 saturated heterocycles. The van der Waals surface area contributed by atoms with Crippen molar-refractivity contribution in [3.05, 3.63) is 47.6 Å². The smallest absolute Gasteiger partial charge is 0.123 e. The summed E-state index contributed by atoms with van der Waals surface area (Å²) in [5.74, 6) is -0.204. The van der Waals surface area contributed by atoms with Gasteiger partial charge in [0.05, 0.1) is 0 Å². The van der Waals surface area contributed by atoms with Crippen molar-refractivity contribution in [3.63, 3.8) is 0 Å². The summed E-state index contributed by atoms with van der Waals surface area (Å²) in [7, 11) is 0. The monoisotopic (exact) mass is 221 g/mol. The third kappa shape index (κ3) is 2.08. The van der Waals surface area contributed by atoms with Crippen molar-refractivity contribution in [2.24, 2.45) is 5.73 Å². The first kappa shape index (κ1) is 10.3. The number of benzene rings is 1. The summed E-state index contributed by atoms with van der Waals surface area (Å²) in [6.07, 6.45) is 2.55. The molecule has 0 amide bonds. The molecular weight excluding hydrogens is 209 g/mol. The van der Waals surface area contributed by atoms with E-state index in [0.29, 0.717) is 0 Å². The zero-order valence-corrected chi connectivity index (χ0v) is 9.06. The molecule has 1 unspecified atom stereocenters. The topological polar surface area (TPSA) is 26.0 Å². The van der Waals surface area contributed by atoms with Crippen LogP contribution in [0.4, 0.5) is 4.39 Å². The van der Waals surface area contributed by atoms with Crippen LogP contribution in [0.2, 0.25) is 0 Å². The van der Waals surface area contributed by atoms with Crippen molar-refractivity contribution in [2.75, 3.05) is 0 Å². The summed E-state index contributed by atoms with van der Waals surface area (Å²) < 4.78 is 14.0. The van der Waals surface area contributed by atoms with Gasteiger partial charge < -0.3 is 5.73 Å². The van der Waals surface area contributed by atoms with E-state index in [4.69, 9.17) is 5.73 Å². The van der Waals surface area contributed by atoms with Gasteiger partial charge in [0.1, 0.15) is 5.82 Å². The second kappa shape index (κ2) is 4.13. The van der Waals surface area contributed by atoms with E-state index in [0.717, 1.165) is 21.4 Å². The summed E-state index contributed by atoms with van der Waals surface area (Å²) in [5.41, 5.74) is 5.95. The van der Waals surface area contributed by atoms with E-state index < -0.39 is 0 Å². The summed E-state index contributed by atoms with van der Waals surface area (Å²) in [4.78, 5) is 1.08. The summed E-state index contributed by atoms with van der Waals surface area (Å²) in [6, 6.07) is 6.73. The molecular formula is C12H12FNS. The molecule has 0 saturated carbocycles. The van der Waals surface area contributed by atoms with Crippen molar-refractivity contribution in [1.29, 1.82) is 0 Å². The molecule has 2 aromatic rings. The van der Waals surface area contributed by atoms with Gasteiger partial charge in [-0.05, 0) is 36.1 Å². The van der Waals surface area contributed by atoms with Gasteiger partial charge in [-0.2, -0.15) is 0 Å². The van der Waals surface area contributed by atoms with E-state index >= 15 is 0 Å². The highest BCUT2D eigenvalue weighted by Gasteiger charge is 2.08. The van der Waals surface area contributed by atoms with Gasteiger partial charge in [-0.25, -0.2) is 4.39 Å². The molecule has 0 aliphatic heterocycles. The first-order chi connectivity index (χ1) is 7.20. The molecule has 0 aliphatic rings. The maximum atomic E-state index is 13.0. The molecule has 1 aromatic heterocycles. The lowest BCUT2D eigenvalue weighted by molar-refractivity contribution is 0.630. The summed E-state index contributed by atoms with van der Waals surface area (Å²) in [6.45, 7) is 3.66. The minimum absolute atomic E-state index is 0.0250. The van der Waals surface area contributed by atoms with Crippen LogP contribution in [0.3, 0.4) is 0 Å². The maximum absolute atomic E-state index is 13.0. The molecule has 0 fully saturated rings. The quantitative estimate of drug-likeness (QED) is 0.787. The predicted octanol–water partition coefficient (Wildman–Crippen LogP) is 3.62. The van der Waals surface area contributed by atoms with Crippen molar-refractivity contribution < 1.29 is 4.39 Å². The summed E-state index contributed by atoms with van der Waals surface area (Å²) >= 11 is 1.61. The van der Waals surface area contributed by atoms with E-state index in [1.807, 2.05) is 6.07 Å². The van der Waals surface area contributed by atoms with Gasteiger partial charge in [0.25, 0.3) is 0 Å². The Balaban J connectivity index is 2.42. The van der Waals surface area contributed by atoms with Gasteiger partial charge in [0, 0.05) is 15.6 Å². The van der Waals surface area contributed by atoms with E-state index in [2.05, 4.69) is 6.58 Å². The van der Waals surface area contributed by atoms with Gasteiger partial charge in [0.15, 0.2) is 0 Å². The van der Waals surface area contributed by atoms with E-state index in [9.17, 15) is 4.39 Å². The van der Waals surface area contributed by atoms with E-state index in [1.165, 1.54) is 12.1 Å². The van der Waals surface area contributed by atoms with Crippen molar-refractivity contribution >= 4 is 21.4 Å². The highest BCUT2D eigenvalue weighted by atomic mass is 32.1. The number of hydrogen-bond acceptors (Lipinski definition) is 2. The Morgan fingerprint density at radius 1 is 1.47 bits per heavy atom. The fraction of sp³-hybridized carbons (Fsp3) is 0.167. The molecule has 1 aromatic carbocycles. The number of thiophene rings is 1. The lowest BCUT2D eigenvalue weighted by Gasteiger charge is -2.03. The molecule has 3 heteroatoms. The molecule has 2 N–H and O–H groups in total. The van der Waals surface area contributed by atoms with Crippen LogP contribution in [0, 0.1) is 5.82 Å². The average molecular weight is 221 g/mol. The van der Waals surface area contributed by atoms with E-state index in [-0.39, 0.29) is 11.9 Å². The minimum Gasteiger partial charge on any atom is -0.323 e. The molecule has 1 nitrogen and oxygen atoms in total. The number of nitrogens with two attached hydrogens (primary N) is 1. The van der Waals surface area contributed by atoms with Crippen molar-refractivity contribution in [3.8, 4) is 0 Å². The fourth-order valence-electron chi connectivity index (χ4n) is 1.51. The van der Waals surface area contributed by atoms with Crippen LogP contribution in [0.5, 0.6) is 0 Å². The first-order valence-electron chi connectivity index (χ1n) is 4.76. The predicted molar refractivity (Wildman–Crippen MR) is 63.5 cm³/mol. The van der Waals surface area contributed by atoms with Gasteiger partial charge >= 0.3 is 0 Å². The lowest BCUT2D eigenvalue weighted by atomic mass is 10.1. The largest absolute Gasteiger partial charge is 0.323 e. The average Bonchev–Trinajstić information content (AvgIpc) is 2.60. The second-order valence-electron chi connectivity index (χ2n) is 3.46. The Labute approximate surface area is 92.0 Å². The first-order valence-corrected chi connectivity index (χ1v) is 5.58. The van der Waals surface area contributed by atoms with Crippen LogP contribution >= 0.6 is 11.3 Å². The Morgan fingerprint density at radius 2 is 2.27 bits per heavy atom. The van der Waals surface area contributed by atoms with Crippen LogP contribution in [-0.2, 0) is 0 Å². The van der Waals surface area contributed by atoms with Crippen molar-refractivity contribution in [1.82, 2.24) is 0 Å². The SMILES string of the molecule is C=CCC(N)c1cc2cc(F)ccc2s1. The number of fused-ring (bicyclic) bond motifs is 1. The Morgan fingerprint density at radius 3 is 3.00 bits per heavy atom. The van der Waals surface area contributed by atoms with Crippen LogP contribution in [0.1, 0.15) is 17.3 Å². The molecule has 15 heavy (non-hydrogen) atoms. The zero-order valence-electron chi connectivity index (χ0n) is 8.24. The molecule has 0 bridgehead atoms. The lowest BCUT2D eigenvalue weighted by Crippen LogP contribution is -2.06. The van der Waals surface area contributed by atoms with Gasteiger partial charge in [-0.15, -0.1) is 17.9 Å². The zero-order chi connectivity index (χ0) is 10.8. The third-order valence-corrected chi connectivity index (χ3v) is 3.53. The standard InChI is InChI=1S/C12H12FNS/c1-2-3-10(14)12-7-8-6-9(13)4-5-11(8)15-12/h2,4-7,10H,1,3,14H2. The Kier molecular flexibility index (Phi) is 2.84. The van der Waals surface area contributed by atoms with Gasteiger partial charge in [-0.3, -0.25) is 0 Å². The molecule has 2 rings (SSSR count). The Hall–Kier alpha value is -1.19. The fourth-order valence-corrected chi connectivity index (χ4v) is 2.57. The van der Waals surface area contributed by atoms with Crippen molar-refractivity contribution in [2.45, 2.75) is 12.5 Å². The minimum atomic E-state index is -0.204. The number of rotatable bonds is 3. The highest BCUT2D eigenvalue weighted by Crippen LogP contribution is 2.30. The normalized spacial score (nSPS) is 12.9. The molecule has 0 spiro atoms. The number of halogens is 1. The third-order valence-electron chi connectivity index (χ3n) is 2.28. The molecule has 0 radical (unpaired) electrons. The Bertz CT molecular complexity index is 489. The van der Waals surface area contributed by atoms with Gasteiger partial charge in [0.2, 0.25) is 0 Å². The number of hydrogen-bond donors (Lipinski definition) is 1. The molecule has 1 heterocycles. The molecule has 1 atom stereocenters.